The Kier molecular flexibility index (Phi) is 5.09. The van der Waals surface area contributed by atoms with Gasteiger partial charge in [-0.05, 0) is 24.6 Å². The largest absolute Gasteiger partial charge is 0.495 e. The number of aromatic nitrogens is 2. The average molecular weight is 286 g/mol. The lowest BCUT2D eigenvalue weighted by atomic mass is 10.2. The van der Waals surface area contributed by atoms with Crippen LogP contribution in [0.3, 0.4) is 0 Å². The molecule has 0 atom stereocenters. The maximum atomic E-state index is 12.2. The molecule has 1 amide bonds. The van der Waals surface area contributed by atoms with Crippen molar-refractivity contribution in [1.29, 1.82) is 0 Å². The molecule has 2 N–H and O–H groups in total. The van der Waals surface area contributed by atoms with Crippen molar-refractivity contribution in [1.82, 2.24) is 9.97 Å². The third-order valence-electron chi connectivity index (χ3n) is 2.78. The number of benzene rings is 1. The molecule has 110 valence electrons. The number of ether oxygens (including phenoxy) is 1. The molecule has 0 spiro atoms. The van der Waals surface area contributed by atoms with Crippen molar-refractivity contribution in [3.05, 3.63) is 42.2 Å². The van der Waals surface area contributed by atoms with Gasteiger partial charge in [-0.15, -0.1) is 0 Å². The minimum absolute atomic E-state index is 0.300. The minimum Gasteiger partial charge on any atom is -0.495 e. The number of rotatable bonds is 6. The lowest BCUT2D eigenvalue weighted by Gasteiger charge is -2.10. The van der Waals surface area contributed by atoms with E-state index in [1.54, 1.807) is 31.5 Å². The number of carbonyl (C=O) groups excluding carboxylic acids is 1. The number of nitrogens with zero attached hydrogens (tertiary/aromatic N) is 2. The molecule has 0 radical (unpaired) electrons. The van der Waals surface area contributed by atoms with Gasteiger partial charge < -0.3 is 15.4 Å². The zero-order chi connectivity index (χ0) is 15.1. The van der Waals surface area contributed by atoms with Crippen LogP contribution in [-0.4, -0.2) is 29.5 Å². The molecule has 2 rings (SSSR count). The normalized spacial score (nSPS) is 10.0. The Hall–Kier alpha value is -2.63. The van der Waals surface area contributed by atoms with E-state index in [-0.39, 0.29) is 5.91 Å². The van der Waals surface area contributed by atoms with E-state index < -0.39 is 0 Å². The Balaban J connectivity index is 2.13. The standard InChI is InChI=1S/C15H18N4O2/c1-3-9-16-15-17-10-8-12(19-15)14(20)18-11-6-4-5-7-13(11)21-2/h4-8,10H,3,9H2,1-2H3,(H,18,20)(H,16,17,19). The number of anilines is 2. The molecular formula is C15H18N4O2. The molecule has 6 nitrogen and oxygen atoms in total. The quantitative estimate of drug-likeness (QED) is 0.853. The summed E-state index contributed by atoms with van der Waals surface area (Å²) in [6.07, 6.45) is 2.52. The summed E-state index contributed by atoms with van der Waals surface area (Å²) < 4.78 is 5.20. The number of methoxy groups -OCH3 is 1. The summed E-state index contributed by atoms with van der Waals surface area (Å²) >= 11 is 0. The summed E-state index contributed by atoms with van der Waals surface area (Å²) in [6, 6.07) is 8.79. The second-order valence-corrected chi connectivity index (χ2v) is 4.35. The molecule has 0 aliphatic heterocycles. The van der Waals surface area contributed by atoms with E-state index in [9.17, 15) is 4.79 Å². The van der Waals surface area contributed by atoms with Gasteiger partial charge in [-0.2, -0.15) is 0 Å². The van der Waals surface area contributed by atoms with Gasteiger partial charge in [0.05, 0.1) is 12.8 Å². The maximum Gasteiger partial charge on any atom is 0.274 e. The molecule has 0 aliphatic rings. The number of para-hydroxylation sites is 2. The van der Waals surface area contributed by atoms with E-state index in [1.165, 1.54) is 0 Å². The van der Waals surface area contributed by atoms with Gasteiger partial charge in [-0.3, -0.25) is 4.79 Å². The van der Waals surface area contributed by atoms with E-state index in [0.717, 1.165) is 13.0 Å². The number of hydrogen-bond donors (Lipinski definition) is 2. The first-order valence-corrected chi connectivity index (χ1v) is 6.76. The van der Waals surface area contributed by atoms with Crippen LogP contribution >= 0.6 is 0 Å². The van der Waals surface area contributed by atoms with Crippen LogP contribution in [0, 0.1) is 0 Å². The van der Waals surface area contributed by atoms with Crippen molar-refractivity contribution in [3.8, 4) is 5.75 Å². The molecular weight excluding hydrogens is 268 g/mol. The fraction of sp³-hybridized carbons (Fsp3) is 0.267. The summed E-state index contributed by atoms with van der Waals surface area (Å²) in [5.41, 5.74) is 0.904. The number of carbonyl (C=O) groups is 1. The molecule has 1 heterocycles. The van der Waals surface area contributed by atoms with Crippen LogP contribution < -0.4 is 15.4 Å². The molecule has 1 aromatic heterocycles. The average Bonchev–Trinajstić information content (AvgIpc) is 2.53. The summed E-state index contributed by atoms with van der Waals surface area (Å²) in [6.45, 7) is 2.81. The van der Waals surface area contributed by atoms with Crippen LogP contribution in [-0.2, 0) is 0 Å². The summed E-state index contributed by atoms with van der Waals surface area (Å²) in [4.78, 5) is 20.5. The number of hydrogen-bond acceptors (Lipinski definition) is 5. The predicted octanol–water partition coefficient (Wildman–Crippen LogP) is 2.56. The highest BCUT2D eigenvalue weighted by Crippen LogP contribution is 2.23. The molecule has 0 aliphatic carbocycles. The van der Waals surface area contributed by atoms with Crippen molar-refractivity contribution in [2.45, 2.75) is 13.3 Å². The van der Waals surface area contributed by atoms with Gasteiger partial charge in [0, 0.05) is 12.7 Å². The monoisotopic (exact) mass is 286 g/mol. The Morgan fingerprint density at radius 1 is 1.29 bits per heavy atom. The highest BCUT2D eigenvalue weighted by Gasteiger charge is 2.11. The van der Waals surface area contributed by atoms with Gasteiger partial charge in [0.25, 0.3) is 5.91 Å². The zero-order valence-corrected chi connectivity index (χ0v) is 12.1. The Labute approximate surface area is 123 Å². The van der Waals surface area contributed by atoms with Crippen molar-refractivity contribution in [3.63, 3.8) is 0 Å². The Bertz CT molecular complexity index is 616. The minimum atomic E-state index is -0.304. The molecule has 21 heavy (non-hydrogen) atoms. The summed E-state index contributed by atoms with van der Waals surface area (Å²) in [5.74, 6) is 0.746. The van der Waals surface area contributed by atoms with Gasteiger partial charge >= 0.3 is 0 Å². The molecule has 1 aromatic carbocycles. The highest BCUT2D eigenvalue weighted by molar-refractivity contribution is 6.03. The topological polar surface area (TPSA) is 76.1 Å². The second-order valence-electron chi connectivity index (χ2n) is 4.35. The van der Waals surface area contributed by atoms with Crippen molar-refractivity contribution < 1.29 is 9.53 Å². The second kappa shape index (κ2) is 7.23. The van der Waals surface area contributed by atoms with E-state index in [4.69, 9.17) is 4.74 Å². The van der Waals surface area contributed by atoms with Crippen molar-refractivity contribution in [2.75, 3.05) is 24.3 Å². The maximum absolute atomic E-state index is 12.2. The van der Waals surface area contributed by atoms with Crippen LogP contribution in [0.15, 0.2) is 36.5 Å². The van der Waals surface area contributed by atoms with Crippen LogP contribution in [0.4, 0.5) is 11.6 Å². The van der Waals surface area contributed by atoms with Crippen molar-refractivity contribution in [2.24, 2.45) is 0 Å². The van der Waals surface area contributed by atoms with Gasteiger partial charge in [0.1, 0.15) is 11.4 Å². The molecule has 0 saturated heterocycles. The SMILES string of the molecule is CCCNc1nccc(C(=O)Nc2ccccc2OC)n1. The highest BCUT2D eigenvalue weighted by atomic mass is 16.5. The third-order valence-corrected chi connectivity index (χ3v) is 2.78. The first-order chi connectivity index (χ1) is 10.2. The first kappa shape index (κ1) is 14.8. The zero-order valence-electron chi connectivity index (χ0n) is 12.1. The van der Waals surface area contributed by atoms with E-state index in [1.807, 2.05) is 19.1 Å². The lowest BCUT2D eigenvalue weighted by Crippen LogP contribution is -2.16. The van der Waals surface area contributed by atoms with Gasteiger partial charge in [0.15, 0.2) is 0 Å². The lowest BCUT2D eigenvalue weighted by molar-refractivity contribution is 0.102. The van der Waals surface area contributed by atoms with Crippen LogP contribution in [0.25, 0.3) is 0 Å². The molecule has 6 heteroatoms. The third kappa shape index (κ3) is 3.92. The fourth-order valence-electron chi connectivity index (χ4n) is 1.74. The molecule has 0 bridgehead atoms. The first-order valence-electron chi connectivity index (χ1n) is 6.76. The van der Waals surface area contributed by atoms with E-state index in [2.05, 4.69) is 20.6 Å². The van der Waals surface area contributed by atoms with Gasteiger partial charge in [0.2, 0.25) is 5.95 Å². The van der Waals surface area contributed by atoms with E-state index >= 15 is 0 Å². The van der Waals surface area contributed by atoms with Crippen LogP contribution in [0.5, 0.6) is 5.75 Å². The van der Waals surface area contributed by atoms with Crippen molar-refractivity contribution >= 4 is 17.5 Å². The smallest absolute Gasteiger partial charge is 0.274 e. The number of amides is 1. The van der Waals surface area contributed by atoms with Gasteiger partial charge in [-0.25, -0.2) is 9.97 Å². The number of nitrogens with one attached hydrogen (secondary N) is 2. The molecule has 0 saturated carbocycles. The summed E-state index contributed by atoms with van der Waals surface area (Å²) in [5, 5.41) is 5.83. The Morgan fingerprint density at radius 2 is 2.10 bits per heavy atom. The van der Waals surface area contributed by atoms with Gasteiger partial charge in [-0.1, -0.05) is 19.1 Å². The molecule has 0 fully saturated rings. The molecule has 2 aromatic rings. The fourth-order valence-corrected chi connectivity index (χ4v) is 1.74. The predicted molar refractivity (Wildman–Crippen MR) is 81.8 cm³/mol. The van der Waals surface area contributed by atoms with Crippen LogP contribution in [0.2, 0.25) is 0 Å². The molecule has 0 unspecified atom stereocenters. The van der Waals surface area contributed by atoms with E-state index in [0.29, 0.717) is 23.1 Å². The Morgan fingerprint density at radius 3 is 2.86 bits per heavy atom. The summed E-state index contributed by atoms with van der Waals surface area (Å²) in [7, 11) is 1.56. The van der Waals surface area contributed by atoms with Crippen LogP contribution in [0.1, 0.15) is 23.8 Å².